The summed E-state index contributed by atoms with van der Waals surface area (Å²) < 4.78 is 5.26. The lowest BCUT2D eigenvalue weighted by Gasteiger charge is -2.56. The van der Waals surface area contributed by atoms with Crippen LogP contribution in [0.15, 0.2) is 24.3 Å². The Morgan fingerprint density at radius 1 is 1.04 bits per heavy atom. The monoisotopic (exact) mass is 339 g/mol. The van der Waals surface area contributed by atoms with Crippen molar-refractivity contribution in [2.75, 3.05) is 20.2 Å². The van der Waals surface area contributed by atoms with E-state index >= 15 is 0 Å². The maximum absolute atomic E-state index is 13.5. The Labute approximate surface area is 150 Å². The number of amides is 1. The minimum absolute atomic E-state index is 0.0174. The summed E-state index contributed by atoms with van der Waals surface area (Å²) in [6, 6.07) is 8.42. The predicted molar refractivity (Wildman–Crippen MR) is 97.5 cm³/mol. The molecule has 1 aromatic rings. The fraction of sp³-hybridized carbons (Fsp3) is 0.682. The number of ether oxygens (including phenoxy) is 1. The van der Waals surface area contributed by atoms with Gasteiger partial charge in [0.15, 0.2) is 0 Å². The number of hydrogen-bond donors (Lipinski definition) is 0. The SMILES string of the molecule is COc1ccc(C2CCN(C(=O)C34CC5CC(CC(C5)C3)C4)C2)cc1. The van der Waals surface area contributed by atoms with Gasteiger partial charge in [-0.05, 0) is 80.4 Å². The van der Waals surface area contributed by atoms with Crippen molar-refractivity contribution in [2.24, 2.45) is 23.2 Å². The lowest BCUT2D eigenvalue weighted by atomic mass is 9.49. The van der Waals surface area contributed by atoms with Gasteiger partial charge in [0.05, 0.1) is 12.5 Å². The summed E-state index contributed by atoms with van der Waals surface area (Å²) in [5.41, 5.74) is 1.37. The molecule has 6 rings (SSSR count). The van der Waals surface area contributed by atoms with E-state index in [9.17, 15) is 4.79 Å². The molecule has 3 heteroatoms. The van der Waals surface area contributed by atoms with Gasteiger partial charge in [0.2, 0.25) is 5.91 Å². The van der Waals surface area contributed by atoms with Crippen LogP contribution in [-0.2, 0) is 4.79 Å². The van der Waals surface area contributed by atoms with Crippen molar-refractivity contribution < 1.29 is 9.53 Å². The van der Waals surface area contributed by atoms with E-state index in [-0.39, 0.29) is 5.41 Å². The van der Waals surface area contributed by atoms with Gasteiger partial charge in [0.1, 0.15) is 5.75 Å². The zero-order chi connectivity index (χ0) is 17.0. The zero-order valence-corrected chi connectivity index (χ0v) is 15.2. The molecule has 0 N–H and O–H groups in total. The number of hydrogen-bond acceptors (Lipinski definition) is 2. The van der Waals surface area contributed by atoms with Gasteiger partial charge in [-0.3, -0.25) is 4.79 Å². The topological polar surface area (TPSA) is 29.5 Å². The quantitative estimate of drug-likeness (QED) is 0.825. The van der Waals surface area contributed by atoms with E-state index in [0.717, 1.165) is 43.0 Å². The summed E-state index contributed by atoms with van der Waals surface area (Å²) in [7, 11) is 1.70. The first kappa shape index (κ1) is 15.7. The molecular formula is C22H29NO2. The predicted octanol–water partition coefficient (Wildman–Crippen LogP) is 4.23. The molecule has 4 saturated carbocycles. The average Bonchev–Trinajstić information content (AvgIpc) is 3.10. The average molecular weight is 339 g/mol. The van der Waals surface area contributed by atoms with Crippen LogP contribution in [0.2, 0.25) is 0 Å². The largest absolute Gasteiger partial charge is 0.497 e. The summed E-state index contributed by atoms with van der Waals surface area (Å²) in [4.78, 5) is 15.7. The summed E-state index contributed by atoms with van der Waals surface area (Å²) in [6.07, 6.45) is 8.86. The minimum atomic E-state index is 0.0174. The molecule has 5 aliphatic rings. The standard InChI is InChI=1S/C22H29NO2/c1-25-20-4-2-18(3-5-20)19-6-7-23(14-19)21(24)22-11-15-8-16(12-22)10-17(9-15)13-22/h2-5,15-17,19H,6-14H2,1H3. The third-order valence-electron chi connectivity index (χ3n) is 7.55. The number of likely N-dealkylation sites (tertiary alicyclic amines) is 1. The highest BCUT2D eigenvalue weighted by molar-refractivity contribution is 5.83. The highest BCUT2D eigenvalue weighted by Gasteiger charge is 2.56. The third kappa shape index (κ3) is 2.58. The normalized spacial score (nSPS) is 39.0. The molecule has 1 aromatic carbocycles. The van der Waals surface area contributed by atoms with E-state index in [1.54, 1.807) is 7.11 Å². The third-order valence-corrected chi connectivity index (χ3v) is 7.55. The van der Waals surface area contributed by atoms with Crippen molar-refractivity contribution in [3.8, 4) is 5.75 Å². The maximum Gasteiger partial charge on any atom is 0.228 e. The lowest BCUT2D eigenvalue weighted by molar-refractivity contribution is -0.156. The second kappa shape index (κ2) is 5.75. The van der Waals surface area contributed by atoms with Crippen LogP contribution in [0.3, 0.4) is 0 Å². The second-order valence-corrected chi connectivity index (χ2v) is 9.21. The lowest BCUT2D eigenvalue weighted by Crippen LogP contribution is -2.54. The van der Waals surface area contributed by atoms with E-state index in [0.29, 0.717) is 11.8 Å². The molecule has 0 aromatic heterocycles. The highest BCUT2D eigenvalue weighted by atomic mass is 16.5. The first-order chi connectivity index (χ1) is 12.1. The Morgan fingerprint density at radius 2 is 1.64 bits per heavy atom. The van der Waals surface area contributed by atoms with Gasteiger partial charge in [0, 0.05) is 19.0 Å². The zero-order valence-electron chi connectivity index (χ0n) is 15.2. The van der Waals surface area contributed by atoms with E-state index in [4.69, 9.17) is 4.74 Å². The Kier molecular flexibility index (Phi) is 3.62. The van der Waals surface area contributed by atoms with Gasteiger partial charge >= 0.3 is 0 Å². The Bertz CT molecular complexity index is 630. The van der Waals surface area contributed by atoms with Crippen molar-refractivity contribution >= 4 is 5.91 Å². The molecule has 1 amide bonds. The molecule has 4 bridgehead atoms. The van der Waals surface area contributed by atoms with Gasteiger partial charge in [0.25, 0.3) is 0 Å². The van der Waals surface area contributed by atoms with Gasteiger partial charge in [-0.25, -0.2) is 0 Å². The number of methoxy groups -OCH3 is 1. The molecule has 1 atom stereocenters. The molecule has 1 aliphatic heterocycles. The molecule has 3 nitrogen and oxygen atoms in total. The molecule has 1 heterocycles. The van der Waals surface area contributed by atoms with E-state index in [2.05, 4.69) is 17.0 Å². The Balaban J connectivity index is 1.30. The summed E-state index contributed by atoms with van der Waals surface area (Å²) >= 11 is 0. The van der Waals surface area contributed by atoms with E-state index in [1.165, 1.54) is 44.1 Å². The fourth-order valence-electron chi connectivity index (χ4n) is 6.80. The van der Waals surface area contributed by atoms with Crippen LogP contribution in [0.1, 0.15) is 56.4 Å². The van der Waals surface area contributed by atoms with E-state index < -0.39 is 0 Å². The molecular weight excluding hydrogens is 310 g/mol. The van der Waals surface area contributed by atoms with Gasteiger partial charge in [-0.1, -0.05) is 12.1 Å². The summed E-state index contributed by atoms with van der Waals surface area (Å²) in [5, 5.41) is 0. The number of nitrogens with zero attached hydrogens (tertiary/aromatic N) is 1. The Hall–Kier alpha value is -1.51. The molecule has 0 spiro atoms. The number of carbonyl (C=O) groups excluding carboxylic acids is 1. The van der Waals surface area contributed by atoms with Gasteiger partial charge in [-0.15, -0.1) is 0 Å². The molecule has 0 radical (unpaired) electrons. The Morgan fingerprint density at radius 3 is 2.20 bits per heavy atom. The van der Waals surface area contributed by atoms with Crippen molar-refractivity contribution in [2.45, 2.75) is 50.9 Å². The van der Waals surface area contributed by atoms with Crippen LogP contribution in [-0.4, -0.2) is 31.0 Å². The highest BCUT2D eigenvalue weighted by Crippen LogP contribution is 2.60. The number of carbonyl (C=O) groups is 1. The van der Waals surface area contributed by atoms with Crippen LogP contribution in [0.25, 0.3) is 0 Å². The van der Waals surface area contributed by atoms with Gasteiger partial charge in [-0.2, -0.15) is 0 Å². The first-order valence-electron chi connectivity index (χ1n) is 10.1. The van der Waals surface area contributed by atoms with E-state index in [1.807, 2.05) is 12.1 Å². The fourth-order valence-corrected chi connectivity index (χ4v) is 6.80. The van der Waals surface area contributed by atoms with Crippen LogP contribution in [0.5, 0.6) is 5.75 Å². The van der Waals surface area contributed by atoms with Crippen molar-refractivity contribution in [3.05, 3.63) is 29.8 Å². The van der Waals surface area contributed by atoms with Crippen molar-refractivity contribution in [1.82, 2.24) is 4.90 Å². The van der Waals surface area contributed by atoms with Crippen LogP contribution < -0.4 is 4.74 Å². The molecule has 1 saturated heterocycles. The van der Waals surface area contributed by atoms with Crippen molar-refractivity contribution in [1.29, 1.82) is 0 Å². The summed E-state index contributed by atoms with van der Waals surface area (Å²) in [6.45, 7) is 1.85. The summed E-state index contributed by atoms with van der Waals surface area (Å²) in [5.74, 6) is 4.43. The van der Waals surface area contributed by atoms with Crippen molar-refractivity contribution in [3.63, 3.8) is 0 Å². The maximum atomic E-state index is 13.5. The van der Waals surface area contributed by atoms with Crippen LogP contribution in [0.4, 0.5) is 0 Å². The first-order valence-corrected chi connectivity index (χ1v) is 10.1. The van der Waals surface area contributed by atoms with Gasteiger partial charge < -0.3 is 9.64 Å². The molecule has 4 aliphatic carbocycles. The minimum Gasteiger partial charge on any atom is -0.497 e. The molecule has 134 valence electrons. The smallest absolute Gasteiger partial charge is 0.228 e. The number of benzene rings is 1. The second-order valence-electron chi connectivity index (χ2n) is 9.21. The van der Waals surface area contributed by atoms with Crippen LogP contribution >= 0.6 is 0 Å². The molecule has 5 fully saturated rings. The van der Waals surface area contributed by atoms with Crippen LogP contribution in [0, 0.1) is 23.2 Å². The molecule has 1 unspecified atom stereocenters. The number of rotatable bonds is 3. The molecule has 25 heavy (non-hydrogen) atoms.